The van der Waals surface area contributed by atoms with Crippen molar-refractivity contribution in [2.24, 2.45) is 5.92 Å². The average molecular weight is 235 g/mol. The van der Waals surface area contributed by atoms with Crippen LogP contribution >= 0.6 is 0 Å². The third-order valence-corrected chi connectivity index (χ3v) is 2.39. The van der Waals surface area contributed by atoms with Gasteiger partial charge in [-0.05, 0) is 17.5 Å². The van der Waals surface area contributed by atoms with Gasteiger partial charge >= 0.3 is 0 Å². The average Bonchev–Trinajstić information content (AvgIpc) is 2.38. The molecule has 0 unspecified atom stereocenters. The predicted molar refractivity (Wildman–Crippen MR) is 73.9 cm³/mol. The van der Waals surface area contributed by atoms with Crippen molar-refractivity contribution in [3.8, 4) is 0 Å². The van der Waals surface area contributed by atoms with Crippen molar-refractivity contribution in [1.82, 2.24) is 5.32 Å². The summed E-state index contributed by atoms with van der Waals surface area (Å²) in [5.41, 5.74) is 2.48. The third-order valence-electron chi connectivity index (χ3n) is 2.39. The van der Waals surface area contributed by atoms with Gasteiger partial charge in [-0.15, -0.1) is 0 Å². The van der Waals surface area contributed by atoms with Gasteiger partial charge in [0.05, 0.1) is 0 Å². The molecule has 1 N–H and O–H groups in total. The van der Waals surface area contributed by atoms with Gasteiger partial charge in [-0.3, -0.25) is 4.79 Å². The highest BCUT2D eigenvalue weighted by atomic mass is 16.1. The molecule has 0 saturated carbocycles. The Hall–Kier alpha value is -1.31. The minimum Gasteiger partial charge on any atom is -0.352 e. The van der Waals surface area contributed by atoms with Gasteiger partial charge in [0.1, 0.15) is 0 Å². The smallest absolute Gasteiger partial charge is 0.222 e. The molecule has 0 aliphatic carbocycles. The lowest BCUT2D eigenvalue weighted by molar-refractivity contribution is -0.124. The summed E-state index contributed by atoms with van der Waals surface area (Å²) in [6.07, 6.45) is 1.03. The molecule has 1 aromatic carbocycles. The topological polar surface area (TPSA) is 29.1 Å². The summed E-state index contributed by atoms with van der Waals surface area (Å²) in [4.78, 5) is 11.4. The molecule has 1 amide bonds. The molecule has 0 aliphatic heterocycles. The molecular formula is C15H25NO. The molecule has 0 aromatic heterocycles. The summed E-state index contributed by atoms with van der Waals surface area (Å²) >= 11 is 0. The predicted octanol–water partition coefficient (Wildman–Crippen LogP) is 3.55. The number of benzene rings is 1. The van der Waals surface area contributed by atoms with Crippen LogP contribution in [0.2, 0.25) is 0 Å². The number of nitrogens with one attached hydrogen (secondary N) is 1. The van der Waals surface area contributed by atoms with E-state index in [9.17, 15) is 4.79 Å². The van der Waals surface area contributed by atoms with E-state index in [1.54, 1.807) is 0 Å². The molecule has 0 radical (unpaired) electrons. The lowest BCUT2D eigenvalue weighted by Crippen LogP contribution is -2.27. The quantitative estimate of drug-likeness (QED) is 0.849. The highest BCUT2D eigenvalue weighted by molar-refractivity contribution is 5.77. The largest absolute Gasteiger partial charge is 0.352 e. The van der Waals surface area contributed by atoms with Gasteiger partial charge in [0.2, 0.25) is 5.91 Å². The monoisotopic (exact) mass is 235 g/mol. The second kappa shape index (κ2) is 8.80. The van der Waals surface area contributed by atoms with Crippen molar-refractivity contribution in [3.63, 3.8) is 0 Å². The first kappa shape index (κ1) is 15.7. The highest BCUT2D eigenvalue weighted by Crippen LogP contribution is 2.05. The second-order valence-electron chi connectivity index (χ2n) is 4.05. The first-order valence-electron chi connectivity index (χ1n) is 6.49. The van der Waals surface area contributed by atoms with Crippen LogP contribution in [0.3, 0.4) is 0 Å². The fourth-order valence-electron chi connectivity index (χ4n) is 1.35. The van der Waals surface area contributed by atoms with Gasteiger partial charge in [0, 0.05) is 12.5 Å². The number of rotatable bonds is 4. The van der Waals surface area contributed by atoms with Gasteiger partial charge in [-0.1, -0.05) is 58.9 Å². The molecule has 96 valence electrons. The van der Waals surface area contributed by atoms with Gasteiger partial charge in [-0.25, -0.2) is 0 Å². The number of amides is 1. The number of hydrogen-bond acceptors (Lipinski definition) is 1. The van der Waals surface area contributed by atoms with E-state index in [4.69, 9.17) is 0 Å². The molecule has 1 aromatic rings. The normalized spacial score (nSPS) is 9.53. The van der Waals surface area contributed by atoms with Crippen LogP contribution in [0.4, 0.5) is 0 Å². The Morgan fingerprint density at radius 3 is 2.35 bits per heavy atom. The van der Waals surface area contributed by atoms with E-state index in [1.165, 1.54) is 11.1 Å². The van der Waals surface area contributed by atoms with E-state index < -0.39 is 0 Å². The Kier molecular flexibility index (Phi) is 8.12. The van der Waals surface area contributed by atoms with Crippen molar-refractivity contribution in [1.29, 1.82) is 0 Å². The second-order valence-corrected chi connectivity index (χ2v) is 4.05. The van der Waals surface area contributed by atoms with Crippen molar-refractivity contribution in [3.05, 3.63) is 35.4 Å². The Labute approximate surface area is 105 Å². The van der Waals surface area contributed by atoms with Crippen LogP contribution in [0, 0.1) is 5.92 Å². The maximum absolute atomic E-state index is 11.4. The SMILES string of the molecule is CC.CCc1cccc(CNC(=O)C(C)C)c1. The Morgan fingerprint density at radius 1 is 1.24 bits per heavy atom. The molecule has 0 saturated heterocycles. The van der Waals surface area contributed by atoms with E-state index in [0.717, 1.165) is 6.42 Å². The zero-order chi connectivity index (χ0) is 13.3. The molecule has 0 heterocycles. The van der Waals surface area contributed by atoms with E-state index >= 15 is 0 Å². The third kappa shape index (κ3) is 6.10. The Morgan fingerprint density at radius 2 is 1.82 bits per heavy atom. The van der Waals surface area contributed by atoms with Gasteiger partial charge in [0.15, 0.2) is 0 Å². The van der Waals surface area contributed by atoms with Crippen LogP contribution in [-0.2, 0) is 17.8 Å². The van der Waals surface area contributed by atoms with Crippen molar-refractivity contribution < 1.29 is 4.79 Å². The van der Waals surface area contributed by atoms with Crippen LogP contribution < -0.4 is 5.32 Å². The zero-order valence-electron chi connectivity index (χ0n) is 11.7. The summed E-state index contributed by atoms with van der Waals surface area (Å²) in [5, 5.41) is 2.91. The van der Waals surface area contributed by atoms with Crippen LogP contribution in [-0.4, -0.2) is 5.91 Å². The Bertz CT molecular complexity index is 331. The lowest BCUT2D eigenvalue weighted by atomic mass is 10.1. The molecule has 1 rings (SSSR count). The molecule has 2 nitrogen and oxygen atoms in total. The van der Waals surface area contributed by atoms with E-state index in [0.29, 0.717) is 6.54 Å². The van der Waals surface area contributed by atoms with Gasteiger partial charge in [0.25, 0.3) is 0 Å². The fraction of sp³-hybridized carbons (Fsp3) is 0.533. The Balaban J connectivity index is 0.00000121. The highest BCUT2D eigenvalue weighted by Gasteiger charge is 2.05. The molecule has 0 aliphatic rings. The summed E-state index contributed by atoms with van der Waals surface area (Å²) in [5.74, 6) is 0.163. The van der Waals surface area contributed by atoms with E-state index in [2.05, 4.69) is 24.4 Å². The minimum atomic E-state index is 0.0550. The number of carbonyl (C=O) groups is 1. The minimum absolute atomic E-state index is 0.0550. The van der Waals surface area contributed by atoms with Crippen LogP contribution in [0.25, 0.3) is 0 Å². The summed E-state index contributed by atoms with van der Waals surface area (Å²) in [6.45, 7) is 10.6. The number of carbonyl (C=O) groups excluding carboxylic acids is 1. The molecule has 0 atom stereocenters. The summed E-state index contributed by atoms with van der Waals surface area (Å²) in [6, 6.07) is 8.32. The standard InChI is InChI=1S/C13H19NO.C2H6/c1-4-11-6-5-7-12(8-11)9-14-13(15)10(2)3;1-2/h5-8,10H,4,9H2,1-3H3,(H,14,15);1-2H3. The van der Waals surface area contributed by atoms with Crippen LogP contribution in [0.5, 0.6) is 0 Å². The number of aryl methyl sites for hydroxylation is 1. The molecular weight excluding hydrogens is 210 g/mol. The van der Waals surface area contributed by atoms with Gasteiger partial charge < -0.3 is 5.32 Å². The lowest BCUT2D eigenvalue weighted by Gasteiger charge is -2.08. The van der Waals surface area contributed by atoms with Crippen LogP contribution in [0.15, 0.2) is 24.3 Å². The van der Waals surface area contributed by atoms with Crippen LogP contribution in [0.1, 0.15) is 45.7 Å². The molecule has 0 bridgehead atoms. The van der Waals surface area contributed by atoms with Crippen molar-refractivity contribution in [2.45, 2.75) is 47.6 Å². The van der Waals surface area contributed by atoms with E-state index in [1.807, 2.05) is 39.8 Å². The molecule has 2 heteroatoms. The van der Waals surface area contributed by atoms with Crippen molar-refractivity contribution >= 4 is 5.91 Å². The summed E-state index contributed by atoms with van der Waals surface area (Å²) in [7, 11) is 0. The maximum atomic E-state index is 11.4. The molecule has 17 heavy (non-hydrogen) atoms. The van der Waals surface area contributed by atoms with Gasteiger partial charge in [-0.2, -0.15) is 0 Å². The first-order chi connectivity index (χ1) is 8.13. The zero-order valence-corrected chi connectivity index (χ0v) is 11.7. The molecule has 0 fully saturated rings. The maximum Gasteiger partial charge on any atom is 0.222 e. The molecule has 0 spiro atoms. The van der Waals surface area contributed by atoms with Crippen molar-refractivity contribution in [2.75, 3.05) is 0 Å². The first-order valence-corrected chi connectivity index (χ1v) is 6.49. The summed E-state index contributed by atoms with van der Waals surface area (Å²) < 4.78 is 0. The van der Waals surface area contributed by atoms with E-state index in [-0.39, 0.29) is 11.8 Å². The fourth-order valence-corrected chi connectivity index (χ4v) is 1.35. The number of hydrogen-bond donors (Lipinski definition) is 1.